The molecular formula is C14H13FN4O. The van der Waals surface area contributed by atoms with Crippen LogP contribution in [-0.4, -0.2) is 22.0 Å². The summed E-state index contributed by atoms with van der Waals surface area (Å²) in [4.78, 5) is 15.8. The quantitative estimate of drug-likeness (QED) is 0.805. The summed E-state index contributed by atoms with van der Waals surface area (Å²) in [6.07, 6.45) is 2.91. The average Bonchev–Trinajstić information content (AvgIpc) is 2.85. The maximum atomic E-state index is 13.8. The molecule has 5 nitrogen and oxygen atoms in total. The zero-order chi connectivity index (χ0) is 14.5. The largest absolute Gasteiger partial charge is 0.330 e. The van der Waals surface area contributed by atoms with E-state index in [4.69, 9.17) is 5.73 Å². The number of aryl methyl sites for hydroxylation is 1. The van der Waals surface area contributed by atoms with Gasteiger partial charge in [-0.3, -0.25) is 4.79 Å². The van der Waals surface area contributed by atoms with Crippen LogP contribution in [-0.2, 0) is 7.05 Å². The van der Waals surface area contributed by atoms with Crippen molar-refractivity contribution in [2.75, 3.05) is 11.9 Å². The van der Waals surface area contributed by atoms with E-state index in [1.165, 1.54) is 24.7 Å². The van der Waals surface area contributed by atoms with Crippen molar-refractivity contribution in [1.29, 1.82) is 0 Å². The predicted octanol–water partition coefficient (Wildman–Crippen LogP) is 1.12. The van der Waals surface area contributed by atoms with Crippen LogP contribution in [0.5, 0.6) is 0 Å². The van der Waals surface area contributed by atoms with E-state index in [1.807, 2.05) is 0 Å². The Hall–Kier alpha value is -2.65. The third-order valence-corrected chi connectivity index (χ3v) is 2.60. The molecule has 1 amide bonds. The van der Waals surface area contributed by atoms with Gasteiger partial charge in [0.15, 0.2) is 0 Å². The number of benzene rings is 1. The lowest BCUT2D eigenvalue weighted by atomic mass is 10.2. The first-order chi connectivity index (χ1) is 9.61. The number of aromatic nitrogens is 2. The molecule has 3 N–H and O–H groups in total. The molecule has 0 aliphatic carbocycles. The van der Waals surface area contributed by atoms with E-state index in [1.54, 1.807) is 17.7 Å². The fourth-order valence-electron chi connectivity index (χ4n) is 1.61. The Morgan fingerprint density at radius 2 is 2.35 bits per heavy atom. The zero-order valence-electron chi connectivity index (χ0n) is 10.9. The van der Waals surface area contributed by atoms with E-state index < -0.39 is 11.7 Å². The fraction of sp³-hybridized carbons (Fsp3) is 0.143. The van der Waals surface area contributed by atoms with Gasteiger partial charge < -0.3 is 15.6 Å². The summed E-state index contributed by atoms with van der Waals surface area (Å²) < 4.78 is 15.4. The molecule has 0 unspecified atom stereocenters. The first-order valence-electron chi connectivity index (χ1n) is 5.88. The Labute approximate surface area is 115 Å². The van der Waals surface area contributed by atoms with Crippen molar-refractivity contribution in [3.63, 3.8) is 0 Å². The Morgan fingerprint density at radius 3 is 2.95 bits per heavy atom. The van der Waals surface area contributed by atoms with E-state index >= 15 is 0 Å². The number of nitrogens with one attached hydrogen (secondary N) is 1. The first kappa shape index (κ1) is 13.8. The molecule has 2 rings (SSSR count). The molecule has 6 heteroatoms. The van der Waals surface area contributed by atoms with E-state index in [0.29, 0.717) is 11.3 Å². The topological polar surface area (TPSA) is 72.9 Å². The minimum Gasteiger partial charge on any atom is -0.330 e. The molecule has 0 radical (unpaired) electrons. The van der Waals surface area contributed by atoms with Crippen molar-refractivity contribution >= 4 is 11.6 Å². The molecule has 0 atom stereocenters. The highest BCUT2D eigenvalue weighted by atomic mass is 19.1. The zero-order valence-corrected chi connectivity index (χ0v) is 10.9. The van der Waals surface area contributed by atoms with Crippen LogP contribution >= 0.6 is 0 Å². The number of imidazole rings is 1. The third-order valence-electron chi connectivity index (χ3n) is 2.60. The minimum atomic E-state index is -0.552. The summed E-state index contributed by atoms with van der Waals surface area (Å²) in [5.41, 5.74) is 6.19. The lowest BCUT2D eigenvalue weighted by Gasteiger charge is -2.06. The highest BCUT2D eigenvalue weighted by molar-refractivity contribution is 6.03. The highest BCUT2D eigenvalue weighted by Crippen LogP contribution is 2.16. The number of carbonyl (C=O) groups is 1. The standard InChI is InChI=1S/C14H13FN4O/c1-19-9-17-8-13(19)14(20)18-12-5-4-10(3-2-6-16)7-11(12)15/h4-5,7-9H,6,16H2,1H3,(H,18,20). The highest BCUT2D eigenvalue weighted by Gasteiger charge is 2.12. The molecule has 20 heavy (non-hydrogen) atoms. The Kier molecular flexibility index (Phi) is 4.13. The number of amides is 1. The summed E-state index contributed by atoms with van der Waals surface area (Å²) in [5.74, 6) is 4.38. The normalized spacial score (nSPS) is 9.75. The molecule has 0 aliphatic rings. The summed E-state index contributed by atoms with van der Waals surface area (Å²) in [6.45, 7) is 0.209. The van der Waals surface area contributed by atoms with Gasteiger partial charge in [0.25, 0.3) is 5.91 Å². The second-order valence-corrected chi connectivity index (χ2v) is 4.04. The smallest absolute Gasteiger partial charge is 0.274 e. The summed E-state index contributed by atoms with van der Waals surface area (Å²) in [5, 5.41) is 2.49. The molecule has 0 fully saturated rings. The van der Waals surface area contributed by atoms with Gasteiger partial charge in [0.1, 0.15) is 11.5 Å². The number of nitrogens with two attached hydrogens (primary N) is 1. The van der Waals surface area contributed by atoms with Gasteiger partial charge in [-0.25, -0.2) is 9.37 Å². The fourth-order valence-corrected chi connectivity index (χ4v) is 1.61. The van der Waals surface area contributed by atoms with Crippen molar-refractivity contribution in [2.24, 2.45) is 12.8 Å². The van der Waals surface area contributed by atoms with E-state index in [-0.39, 0.29) is 12.2 Å². The number of hydrogen-bond donors (Lipinski definition) is 2. The molecule has 1 heterocycles. The molecule has 1 aromatic heterocycles. The second-order valence-electron chi connectivity index (χ2n) is 4.04. The van der Waals surface area contributed by atoms with Gasteiger partial charge in [-0.1, -0.05) is 11.8 Å². The number of hydrogen-bond acceptors (Lipinski definition) is 3. The van der Waals surface area contributed by atoms with Gasteiger partial charge in [-0.15, -0.1) is 0 Å². The van der Waals surface area contributed by atoms with E-state index in [0.717, 1.165) is 0 Å². The molecule has 0 saturated carbocycles. The number of halogens is 1. The van der Waals surface area contributed by atoms with Crippen molar-refractivity contribution in [1.82, 2.24) is 9.55 Å². The molecule has 0 aliphatic heterocycles. The van der Waals surface area contributed by atoms with E-state index in [9.17, 15) is 9.18 Å². The lowest BCUT2D eigenvalue weighted by molar-refractivity contribution is 0.101. The van der Waals surface area contributed by atoms with Gasteiger partial charge >= 0.3 is 0 Å². The van der Waals surface area contributed by atoms with E-state index in [2.05, 4.69) is 22.1 Å². The number of nitrogens with zero attached hydrogens (tertiary/aromatic N) is 2. The lowest BCUT2D eigenvalue weighted by Crippen LogP contribution is -2.16. The second kappa shape index (κ2) is 5.99. The van der Waals surface area contributed by atoms with Crippen LogP contribution in [0.1, 0.15) is 16.1 Å². The maximum Gasteiger partial charge on any atom is 0.274 e. The Bertz CT molecular complexity index is 697. The van der Waals surface area contributed by atoms with Gasteiger partial charge in [0.2, 0.25) is 0 Å². The predicted molar refractivity (Wildman–Crippen MR) is 73.5 cm³/mol. The Balaban J connectivity index is 2.18. The molecule has 1 aromatic carbocycles. The summed E-state index contributed by atoms with van der Waals surface area (Å²) in [6, 6.07) is 4.33. The monoisotopic (exact) mass is 272 g/mol. The van der Waals surface area contributed by atoms with Gasteiger partial charge in [-0.2, -0.15) is 0 Å². The molecule has 2 aromatic rings. The number of anilines is 1. The van der Waals surface area contributed by atoms with Crippen LogP contribution in [0, 0.1) is 17.7 Å². The van der Waals surface area contributed by atoms with Crippen LogP contribution in [0.25, 0.3) is 0 Å². The summed E-state index contributed by atoms with van der Waals surface area (Å²) in [7, 11) is 1.68. The maximum absolute atomic E-state index is 13.8. The first-order valence-corrected chi connectivity index (χ1v) is 5.88. The molecule has 102 valence electrons. The van der Waals surface area contributed by atoms with Crippen LogP contribution in [0.4, 0.5) is 10.1 Å². The van der Waals surface area contributed by atoms with Crippen LogP contribution < -0.4 is 11.1 Å². The molecule has 0 bridgehead atoms. The SMILES string of the molecule is Cn1cncc1C(=O)Nc1ccc(C#CCN)cc1F. The van der Waals surface area contributed by atoms with Crippen molar-refractivity contribution < 1.29 is 9.18 Å². The Morgan fingerprint density at radius 1 is 1.55 bits per heavy atom. The average molecular weight is 272 g/mol. The van der Waals surface area contributed by atoms with Gasteiger partial charge in [0, 0.05) is 12.6 Å². The van der Waals surface area contributed by atoms with Crippen molar-refractivity contribution in [2.45, 2.75) is 0 Å². The molecule has 0 spiro atoms. The van der Waals surface area contributed by atoms with Gasteiger partial charge in [0.05, 0.1) is 24.8 Å². The number of carbonyl (C=O) groups excluding carboxylic acids is 1. The van der Waals surface area contributed by atoms with Crippen molar-refractivity contribution in [3.8, 4) is 11.8 Å². The summed E-state index contributed by atoms with van der Waals surface area (Å²) >= 11 is 0. The number of rotatable bonds is 2. The van der Waals surface area contributed by atoms with Crippen LogP contribution in [0.15, 0.2) is 30.7 Å². The van der Waals surface area contributed by atoms with Crippen LogP contribution in [0.3, 0.4) is 0 Å². The molecular weight excluding hydrogens is 259 g/mol. The van der Waals surface area contributed by atoms with Crippen LogP contribution in [0.2, 0.25) is 0 Å². The minimum absolute atomic E-state index is 0.0921. The van der Waals surface area contributed by atoms with Crippen molar-refractivity contribution in [3.05, 3.63) is 47.8 Å². The van der Waals surface area contributed by atoms with Gasteiger partial charge in [-0.05, 0) is 18.2 Å². The third kappa shape index (κ3) is 3.02. The molecule has 0 saturated heterocycles.